The summed E-state index contributed by atoms with van der Waals surface area (Å²) in [4.78, 5) is 30.7. The molecular weight excluding hydrogens is 571 g/mol. The van der Waals surface area contributed by atoms with Gasteiger partial charge in [0.2, 0.25) is 5.82 Å². The summed E-state index contributed by atoms with van der Waals surface area (Å²) in [6.45, 7) is 4.44. The van der Waals surface area contributed by atoms with Crippen LogP contribution in [0.2, 0.25) is 0 Å². The number of nitrogens with zero attached hydrogens (tertiary/aromatic N) is 5. The zero-order valence-electron chi connectivity index (χ0n) is 22.7. The van der Waals surface area contributed by atoms with Gasteiger partial charge in [-0.1, -0.05) is 18.2 Å². The molecule has 0 radical (unpaired) electrons. The Hall–Kier alpha value is -4.14. The number of unbranched alkanes of at least 4 members (excludes halogenated alkanes) is 1. The molecule has 0 fully saturated rings. The second-order valence-electron chi connectivity index (χ2n) is 9.49. The molecule has 0 bridgehead atoms. The van der Waals surface area contributed by atoms with Crippen LogP contribution in [0.1, 0.15) is 56.1 Å². The number of aryl methyl sites for hydroxylation is 2. The zero-order chi connectivity index (χ0) is 28.1. The SMILES string of the molecule is CCCCc1nc(C)n(Cc2ccc(C(=O)OC)[se]2)c(=O)c1Cc1ccc(-c2ccccc2-c2nn[nH]n2)cc1. The molecule has 5 aromatic rings. The van der Waals surface area contributed by atoms with Crippen molar-refractivity contribution in [2.24, 2.45) is 0 Å². The Kier molecular flexibility index (Phi) is 8.48. The molecule has 204 valence electrons. The number of hydrogen-bond donors (Lipinski definition) is 1. The average Bonchev–Trinajstić information content (AvgIpc) is 3.69. The molecule has 10 heteroatoms. The van der Waals surface area contributed by atoms with Crippen molar-refractivity contribution in [1.82, 2.24) is 30.2 Å². The van der Waals surface area contributed by atoms with Gasteiger partial charge in [-0.3, -0.25) is 0 Å². The molecule has 1 N–H and O–H groups in total. The van der Waals surface area contributed by atoms with E-state index in [1.807, 2.05) is 37.3 Å². The summed E-state index contributed by atoms with van der Waals surface area (Å²) in [5.74, 6) is 0.920. The van der Waals surface area contributed by atoms with E-state index < -0.39 is 0 Å². The number of H-pyrrole nitrogens is 1. The summed E-state index contributed by atoms with van der Waals surface area (Å²) >= 11 is -0.173. The second kappa shape index (κ2) is 12.4. The molecule has 0 spiro atoms. The van der Waals surface area contributed by atoms with Gasteiger partial charge in [0.25, 0.3) is 0 Å². The van der Waals surface area contributed by atoms with Crippen LogP contribution in [0.4, 0.5) is 0 Å². The van der Waals surface area contributed by atoms with Crippen molar-refractivity contribution in [1.29, 1.82) is 0 Å². The number of esters is 1. The number of carbonyl (C=O) groups excluding carboxylic acids is 1. The van der Waals surface area contributed by atoms with Gasteiger partial charge in [-0.25, -0.2) is 0 Å². The van der Waals surface area contributed by atoms with Gasteiger partial charge >= 0.3 is 194 Å². The summed E-state index contributed by atoms with van der Waals surface area (Å²) in [7, 11) is 1.39. The van der Waals surface area contributed by atoms with Crippen molar-refractivity contribution in [3.05, 3.63) is 103 Å². The molecule has 0 amide bonds. The molecule has 0 aliphatic heterocycles. The Morgan fingerprint density at radius 2 is 1.82 bits per heavy atom. The molecule has 40 heavy (non-hydrogen) atoms. The van der Waals surface area contributed by atoms with Crippen LogP contribution in [-0.2, 0) is 24.1 Å². The monoisotopic (exact) mass is 602 g/mol. The molecule has 0 aliphatic rings. The minimum atomic E-state index is -0.313. The van der Waals surface area contributed by atoms with E-state index >= 15 is 0 Å². The van der Waals surface area contributed by atoms with Crippen LogP contribution in [0.5, 0.6) is 0 Å². The number of rotatable bonds is 10. The van der Waals surface area contributed by atoms with Gasteiger partial charge in [0.05, 0.1) is 0 Å². The van der Waals surface area contributed by atoms with Crippen LogP contribution in [-0.4, -0.2) is 57.8 Å². The molecule has 3 heterocycles. The quantitative estimate of drug-likeness (QED) is 0.188. The number of ether oxygens (including phenoxy) is 1. The van der Waals surface area contributed by atoms with Crippen LogP contribution in [0.15, 0.2) is 65.5 Å². The first-order valence-electron chi connectivity index (χ1n) is 13.2. The predicted molar refractivity (Wildman–Crippen MR) is 154 cm³/mol. The van der Waals surface area contributed by atoms with Crippen LogP contribution in [0.3, 0.4) is 0 Å². The molecular formula is C30H30N6O3Se. The number of carbonyl (C=O) groups is 1. The van der Waals surface area contributed by atoms with Crippen LogP contribution in [0.25, 0.3) is 22.5 Å². The summed E-state index contributed by atoms with van der Waals surface area (Å²) in [6, 6.07) is 19.9. The van der Waals surface area contributed by atoms with Crippen molar-refractivity contribution in [2.45, 2.75) is 46.1 Å². The predicted octanol–water partition coefficient (Wildman–Crippen LogP) is 4.22. The van der Waals surface area contributed by atoms with E-state index in [1.54, 1.807) is 10.6 Å². The Morgan fingerprint density at radius 1 is 1.05 bits per heavy atom. The number of methoxy groups -OCH3 is 1. The second-order valence-corrected chi connectivity index (χ2v) is 11.9. The van der Waals surface area contributed by atoms with Crippen molar-refractivity contribution in [3.63, 3.8) is 0 Å². The standard InChI is InChI=1S/C30H30N6O3Se/c1-4-5-10-26-25(29(37)36(19(2)31-26)18-22-15-16-27(40-22)30(38)39-3)17-20-11-13-21(14-12-20)23-8-6-7-9-24(23)28-32-34-35-33-28/h6-9,11-16H,4-5,10,17-18H2,1-3H3,(H,32,33,34,35). The molecule has 0 aliphatic carbocycles. The zero-order valence-corrected chi connectivity index (χ0v) is 24.4. The molecule has 3 aromatic heterocycles. The van der Waals surface area contributed by atoms with Gasteiger partial charge in [-0.2, -0.15) is 5.21 Å². The van der Waals surface area contributed by atoms with Crippen LogP contribution >= 0.6 is 0 Å². The molecule has 0 atom stereocenters. The number of tetrazole rings is 1. The van der Waals surface area contributed by atoms with Gasteiger partial charge < -0.3 is 0 Å². The van der Waals surface area contributed by atoms with E-state index in [4.69, 9.17) is 9.72 Å². The summed E-state index contributed by atoms with van der Waals surface area (Å²) in [5, 5.41) is 14.5. The third-order valence-electron chi connectivity index (χ3n) is 6.83. The molecule has 0 saturated carbocycles. The summed E-state index contributed by atoms with van der Waals surface area (Å²) < 4.78 is 8.30. The fraction of sp³-hybridized carbons (Fsp3) is 0.267. The molecule has 9 nitrogen and oxygen atoms in total. The van der Waals surface area contributed by atoms with Crippen LogP contribution < -0.4 is 5.56 Å². The number of nitrogens with one attached hydrogen (secondary N) is 1. The van der Waals surface area contributed by atoms with Gasteiger partial charge in [0.15, 0.2) is 0 Å². The van der Waals surface area contributed by atoms with Gasteiger partial charge in [-0.15, -0.1) is 10.2 Å². The van der Waals surface area contributed by atoms with E-state index in [0.717, 1.165) is 57.2 Å². The van der Waals surface area contributed by atoms with Gasteiger partial charge in [-0.05, 0) is 5.21 Å². The minimum absolute atomic E-state index is 0.0200. The normalized spacial score (nSPS) is 11.1. The average molecular weight is 602 g/mol. The number of benzene rings is 2. The first-order valence-corrected chi connectivity index (χ1v) is 14.9. The Balaban J connectivity index is 1.46. The van der Waals surface area contributed by atoms with E-state index in [-0.39, 0.29) is 26.0 Å². The Labute approximate surface area is 238 Å². The first-order chi connectivity index (χ1) is 19.5. The summed E-state index contributed by atoms with van der Waals surface area (Å²) in [6.07, 6.45) is 3.25. The third kappa shape index (κ3) is 5.88. The number of hydrogen-bond acceptors (Lipinski definition) is 7. The van der Waals surface area contributed by atoms with Crippen molar-refractivity contribution in [3.8, 4) is 22.5 Å². The molecule has 5 rings (SSSR count). The fourth-order valence-corrected chi connectivity index (χ4v) is 6.63. The maximum absolute atomic E-state index is 13.9. The topological polar surface area (TPSA) is 116 Å². The summed E-state index contributed by atoms with van der Waals surface area (Å²) in [5.41, 5.74) is 5.53. The van der Waals surface area contributed by atoms with E-state index in [9.17, 15) is 9.59 Å². The van der Waals surface area contributed by atoms with Crippen molar-refractivity contribution < 1.29 is 9.53 Å². The van der Waals surface area contributed by atoms with Gasteiger partial charge in [0.1, 0.15) is 0 Å². The Morgan fingerprint density at radius 3 is 2.52 bits per heavy atom. The molecule has 0 unspecified atom stereocenters. The number of aromatic amines is 1. The van der Waals surface area contributed by atoms with Gasteiger partial charge in [0, 0.05) is 0 Å². The van der Waals surface area contributed by atoms with E-state index in [2.05, 4.69) is 51.8 Å². The van der Waals surface area contributed by atoms with E-state index in [0.29, 0.717) is 29.1 Å². The van der Waals surface area contributed by atoms with E-state index in [1.165, 1.54) is 7.11 Å². The Bertz CT molecular complexity index is 1670. The third-order valence-corrected chi connectivity index (χ3v) is 9.03. The fourth-order valence-electron chi connectivity index (χ4n) is 4.71. The maximum atomic E-state index is 13.9. The van der Waals surface area contributed by atoms with Crippen molar-refractivity contribution >= 4 is 20.5 Å². The molecule has 2 aromatic carbocycles. The first kappa shape index (κ1) is 27.4. The number of aromatic nitrogens is 6. The van der Waals surface area contributed by atoms with Crippen molar-refractivity contribution in [2.75, 3.05) is 7.11 Å². The van der Waals surface area contributed by atoms with Crippen LogP contribution in [0, 0.1) is 6.92 Å². The molecule has 0 saturated heterocycles.